The molecule has 0 aliphatic rings. The Morgan fingerprint density at radius 1 is 1.05 bits per heavy atom. The van der Waals surface area contributed by atoms with Crippen LogP contribution in [0.5, 0.6) is 5.75 Å². The molecule has 0 saturated carbocycles. The number of rotatable bonds is 15. The molecule has 1 aromatic carbocycles. The molecule has 0 bridgehead atoms. The molecule has 2 N–H and O–H groups in total. The molecular weight excluding hydrogens is 535 g/mol. The van der Waals surface area contributed by atoms with Crippen molar-refractivity contribution < 1.29 is 33.2 Å². The van der Waals surface area contributed by atoms with E-state index >= 15 is 0 Å². The van der Waals surface area contributed by atoms with Crippen molar-refractivity contribution in [2.75, 3.05) is 26.8 Å². The Morgan fingerprint density at radius 2 is 1.73 bits per heavy atom. The van der Waals surface area contributed by atoms with Gasteiger partial charge in [0.25, 0.3) is 0 Å². The number of methoxy groups -OCH3 is 1. The zero-order valence-corrected chi connectivity index (χ0v) is 24.6. The Balaban J connectivity index is 1.87. The second-order valence-electron chi connectivity index (χ2n) is 10.6. The van der Waals surface area contributed by atoms with E-state index in [9.17, 15) is 14.2 Å². The van der Waals surface area contributed by atoms with Crippen LogP contribution in [0.2, 0.25) is 0 Å². The molecular formula is C28H39N4O7P. The van der Waals surface area contributed by atoms with Gasteiger partial charge in [0.1, 0.15) is 18.0 Å². The molecule has 3 aromatic rings. The van der Waals surface area contributed by atoms with Crippen molar-refractivity contribution in [3.8, 4) is 5.75 Å². The lowest BCUT2D eigenvalue weighted by Crippen LogP contribution is -2.36. The van der Waals surface area contributed by atoms with Crippen molar-refractivity contribution in [2.45, 2.75) is 53.5 Å². The second-order valence-corrected chi connectivity index (χ2v) is 11.8. The lowest BCUT2D eigenvalue weighted by Gasteiger charge is -2.24. The quantitative estimate of drug-likeness (QED) is 0.201. The summed E-state index contributed by atoms with van der Waals surface area (Å²) in [6.07, 6.45) is 3.36. The molecule has 12 heteroatoms. The fraction of sp³-hybridized carbons (Fsp3) is 0.500. The first-order valence-electron chi connectivity index (χ1n) is 13.4. The molecule has 0 aliphatic carbocycles. The standard InChI is InChI=1S/C28H39N4O7P/c1-19(2)10-13-31(14-11-20(3)4)26(33)18-32-25-16-23(38-5)8-9-24(25)27(30-32)28(34)21-6-7-22(29-17-21)12-15-39-40(35,36)37/h6-9,16-17,19-20H,10-15,18H2,1-5H3,(H2,35,36,37). The van der Waals surface area contributed by atoms with E-state index < -0.39 is 7.82 Å². The summed E-state index contributed by atoms with van der Waals surface area (Å²) in [4.78, 5) is 50.7. The molecule has 1 amide bonds. The van der Waals surface area contributed by atoms with Crippen LogP contribution in [0.1, 0.15) is 62.3 Å². The predicted molar refractivity (Wildman–Crippen MR) is 151 cm³/mol. The number of hydrogen-bond donors (Lipinski definition) is 2. The fourth-order valence-electron chi connectivity index (χ4n) is 4.10. The van der Waals surface area contributed by atoms with Gasteiger partial charge in [0.15, 0.2) is 0 Å². The maximum absolute atomic E-state index is 13.5. The van der Waals surface area contributed by atoms with E-state index in [0.717, 1.165) is 12.8 Å². The van der Waals surface area contributed by atoms with Gasteiger partial charge < -0.3 is 19.4 Å². The first kappa shape index (κ1) is 31.4. The van der Waals surface area contributed by atoms with Crippen LogP contribution in [0.25, 0.3) is 10.9 Å². The van der Waals surface area contributed by atoms with Crippen LogP contribution >= 0.6 is 7.82 Å². The number of hydrogen-bond acceptors (Lipinski definition) is 7. The minimum absolute atomic E-state index is 0.0100. The number of carbonyl (C=O) groups is 2. The summed E-state index contributed by atoms with van der Waals surface area (Å²) < 4.78 is 22.3. The number of fused-ring (bicyclic) bond motifs is 1. The number of carbonyl (C=O) groups excluding carboxylic acids is 2. The second kappa shape index (κ2) is 14.0. The van der Waals surface area contributed by atoms with Crippen LogP contribution < -0.4 is 4.74 Å². The number of phosphoric acid groups is 1. The Kier molecular flexibility index (Phi) is 11.0. The highest BCUT2D eigenvalue weighted by Crippen LogP contribution is 2.35. The molecule has 0 aliphatic heterocycles. The Labute approximate surface area is 234 Å². The first-order chi connectivity index (χ1) is 18.9. The summed E-state index contributed by atoms with van der Waals surface area (Å²) in [5.74, 6) is 1.10. The van der Waals surface area contributed by atoms with E-state index in [1.807, 2.05) is 4.90 Å². The number of ketones is 1. The van der Waals surface area contributed by atoms with Crippen LogP contribution in [0.4, 0.5) is 0 Å². The predicted octanol–water partition coefficient (Wildman–Crippen LogP) is 4.24. The zero-order valence-electron chi connectivity index (χ0n) is 23.7. The van der Waals surface area contributed by atoms with Crippen molar-refractivity contribution in [3.05, 3.63) is 53.5 Å². The maximum Gasteiger partial charge on any atom is 0.469 e. The topological polar surface area (TPSA) is 144 Å². The van der Waals surface area contributed by atoms with Gasteiger partial charge in [-0.15, -0.1) is 0 Å². The lowest BCUT2D eigenvalue weighted by molar-refractivity contribution is -0.132. The van der Waals surface area contributed by atoms with Crippen LogP contribution in [0.15, 0.2) is 36.5 Å². The average Bonchev–Trinajstić information content (AvgIpc) is 3.24. The highest BCUT2D eigenvalue weighted by Gasteiger charge is 2.23. The summed E-state index contributed by atoms with van der Waals surface area (Å²) in [6.45, 7) is 9.64. The number of phosphoric ester groups is 1. The number of pyridine rings is 1. The molecule has 0 fully saturated rings. The van der Waals surface area contributed by atoms with Crippen molar-refractivity contribution >= 4 is 30.4 Å². The monoisotopic (exact) mass is 574 g/mol. The number of amides is 1. The van der Waals surface area contributed by atoms with Gasteiger partial charge in [0.05, 0.1) is 19.2 Å². The maximum atomic E-state index is 13.5. The number of benzene rings is 1. The van der Waals surface area contributed by atoms with Crippen molar-refractivity contribution in [2.24, 2.45) is 11.8 Å². The third-order valence-electron chi connectivity index (χ3n) is 6.47. The zero-order chi connectivity index (χ0) is 29.4. The minimum atomic E-state index is -4.56. The Hall–Kier alpha value is -3.11. The van der Waals surface area contributed by atoms with Crippen molar-refractivity contribution in [1.82, 2.24) is 19.7 Å². The summed E-state index contributed by atoms with van der Waals surface area (Å²) in [7, 11) is -3.01. The van der Waals surface area contributed by atoms with Crippen LogP contribution in [0, 0.1) is 11.8 Å². The summed E-state index contributed by atoms with van der Waals surface area (Å²) in [6, 6.07) is 8.45. The van der Waals surface area contributed by atoms with E-state index in [1.165, 1.54) is 6.20 Å². The van der Waals surface area contributed by atoms with Gasteiger partial charge in [0.2, 0.25) is 11.7 Å². The molecule has 218 valence electrons. The Morgan fingerprint density at radius 3 is 2.27 bits per heavy atom. The smallest absolute Gasteiger partial charge is 0.469 e. The molecule has 0 radical (unpaired) electrons. The summed E-state index contributed by atoms with van der Waals surface area (Å²) >= 11 is 0. The Bertz CT molecular complexity index is 1340. The van der Waals surface area contributed by atoms with Crippen molar-refractivity contribution in [3.63, 3.8) is 0 Å². The van der Waals surface area contributed by atoms with Crippen molar-refractivity contribution in [1.29, 1.82) is 0 Å². The molecule has 0 unspecified atom stereocenters. The van der Waals surface area contributed by atoms with Crippen LogP contribution in [-0.4, -0.2) is 67.9 Å². The van der Waals surface area contributed by atoms with Gasteiger partial charge in [-0.2, -0.15) is 5.10 Å². The number of aromatic nitrogens is 3. The molecule has 11 nitrogen and oxygen atoms in total. The van der Waals surface area contributed by atoms with Gasteiger partial charge in [-0.3, -0.25) is 23.8 Å². The largest absolute Gasteiger partial charge is 0.497 e. The lowest BCUT2D eigenvalue weighted by atomic mass is 10.1. The summed E-state index contributed by atoms with van der Waals surface area (Å²) in [5.41, 5.74) is 1.62. The summed E-state index contributed by atoms with van der Waals surface area (Å²) in [5, 5.41) is 5.17. The highest BCUT2D eigenvalue weighted by atomic mass is 31.2. The van der Waals surface area contributed by atoms with Gasteiger partial charge in [-0.05, 0) is 48.9 Å². The first-order valence-corrected chi connectivity index (χ1v) is 14.9. The number of ether oxygens (including phenoxy) is 1. The van der Waals surface area contributed by atoms with E-state index in [-0.39, 0.29) is 37.0 Å². The highest BCUT2D eigenvalue weighted by molar-refractivity contribution is 7.46. The minimum Gasteiger partial charge on any atom is -0.497 e. The molecule has 0 atom stereocenters. The average molecular weight is 575 g/mol. The van der Waals surface area contributed by atoms with Gasteiger partial charge in [-0.1, -0.05) is 27.7 Å². The molecule has 0 saturated heterocycles. The van der Waals surface area contributed by atoms with Gasteiger partial charge >= 0.3 is 7.82 Å². The fourth-order valence-corrected chi connectivity index (χ4v) is 4.43. The van der Waals surface area contributed by atoms with Crippen LogP contribution in [-0.2, 0) is 26.8 Å². The number of nitrogens with zero attached hydrogens (tertiary/aromatic N) is 4. The van der Waals surface area contributed by atoms with E-state index in [4.69, 9.17) is 14.5 Å². The van der Waals surface area contributed by atoms with E-state index in [0.29, 0.717) is 52.8 Å². The molecule has 0 spiro atoms. The van der Waals surface area contributed by atoms with Gasteiger partial charge in [-0.25, -0.2) is 4.57 Å². The SMILES string of the molecule is COc1ccc2c(C(=O)c3ccc(CCOP(=O)(O)O)nc3)nn(CC(=O)N(CCC(C)C)CCC(C)C)c2c1. The van der Waals surface area contributed by atoms with E-state index in [2.05, 4.69) is 42.3 Å². The molecule has 40 heavy (non-hydrogen) atoms. The third kappa shape index (κ3) is 8.96. The van der Waals surface area contributed by atoms with Crippen LogP contribution in [0.3, 0.4) is 0 Å². The third-order valence-corrected chi connectivity index (χ3v) is 6.99. The normalized spacial score (nSPS) is 11.9. The van der Waals surface area contributed by atoms with Gasteiger partial charge in [0, 0.05) is 48.4 Å². The molecule has 2 aromatic heterocycles. The molecule has 3 rings (SSSR count). The molecule has 2 heterocycles. The van der Waals surface area contributed by atoms with E-state index in [1.54, 1.807) is 42.1 Å².